The van der Waals surface area contributed by atoms with E-state index < -0.39 is 6.16 Å². The largest absolute Gasteiger partial charge is 0.527 e. The molecule has 76 valence electrons. The van der Waals surface area contributed by atoms with Gasteiger partial charge < -0.3 is 9.57 Å². The average molecular weight is 187 g/mol. The highest BCUT2D eigenvalue weighted by Crippen LogP contribution is 2.08. The van der Waals surface area contributed by atoms with E-state index in [2.05, 4.69) is 6.92 Å². The van der Waals surface area contributed by atoms with E-state index in [4.69, 9.17) is 9.57 Å². The summed E-state index contributed by atoms with van der Waals surface area (Å²) in [4.78, 5) is 15.9. The van der Waals surface area contributed by atoms with Crippen LogP contribution in [-0.4, -0.2) is 30.9 Å². The first-order chi connectivity index (χ1) is 6.33. The van der Waals surface area contributed by atoms with Crippen molar-refractivity contribution >= 4 is 6.16 Å². The minimum atomic E-state index is -0.560. The molecule has 0 aromatic rings. The maximum absolute atomic E-state index is 11.0. The van der Waals surface area contributed by atoms with E-state index in [0.29, 0.717) is 6.61 Å². The van der Waals surface area contributed by atoms with Crippen LogP contribution in [0.4, 0.5) is 4.79 Å². The number of rotatable bonds is 4. The molecule has 0 spiro atoms. The summed E-state index contributed by atoms with van der Waals surface area (Å²) >= 11 is 0. The van der Waals surface area contributed by atoms with Crippen molar-refractivity contribution in [3.05, 3.63) is 0 Å². The quantitative estimate of drug-likeness (QED) is 0.498. The number of hydrogen-bond acceptors (Lipinski definition) is 4. The molecule has 0 aromatic carbocycles. The average Bonchev–Trinajstić information content (AvgIpc) is 2.57. The van der Waals surface area contributed by atoms with Crippen molar-refractivity contribution in [1.82, 2.24) is 5.06 Å². The molecule has 1 aliphatic heterocycles. The molecule has 0 aliphatic carbocycles. The summed E-state index contributed by atoms with van der Waals surface area (Å²) in [6.45, 7) is 4.18. The number of hydroxylamine groups is 2. The Hall–Kier alpha value is -0.770. The maximum atomic E-state index is 11.0. The molecule has 0 atom stereocenters. The van der Waals surface area contributed by atoms with Crippen LogP contribution < -0.4 is 0 Å². The van der Waals surface area contributed by atoms with E-state index in [9.17, 15) is 4.79 Å². The highest BCUT2D eigenvalue weighted by Gasteiger charge is 2.16. The second-order valence-corrected chi connectivity index (χ2v) is 3.18. The molecule has 1 saturated heterocycles. The Morgan fingerprint density at radius 2 is 2.08 bits per heavy atom. The molecule has 0 saturated carbocycles. The van der Waals surface area contributed by atoms with Gasteiger partial charge in [-0.2, -0.15) is 0 Å². The van der Waals surface area contributed by atoms with Gasteiger partial charge in [-0.25, -0.2) is 4.79 Å². The van der Waals surface area contributed by atoms with Gasteiger partial charge in [0.25, 0.3) is 0 Å². The van der Waals surface area contributed by atoms with E-state index >= 15 is 0 Å². The molecule has 0 radical (unpaired) electrons. The molecule has 1 rings (SSSR count). The molecule has 1 heterocycles. The Labute approximate surface area is 78.8 Å². The topological polar surface area (TPSA) is 38.8 Å². The predicted octanol–water partition coefficient (Wildman–Crippen LogP) is 1.95. The number of ether oxygens (including phenoxy) is 1. The van der Waals surface area contributed by atoms with Gasteiger partial charge in [-0.15, -0.1) is 5.06 Å². The highest BCUT2D eigenvalue weighted by molar-refractivity contribution is 5.59. The third-order valence-corrected chi connectivity index (χ3v) is 1.99. The Bertz CT molecular complexity index is 155. The van der Waals surface area contributed by atoms with Crippen LogP contribution >= 0.6 is 0 Å². The zero-order valence-electron chi connectivity index (χ0n) is 8.12. The van der Waals surface area contributed by atoms with Crippen molar-refractivity contribution in [2.45, 2.75) is 32.6 Å². The smallest absolute Gasteiger partial charge is 0.433 e. The lowest BCUT2D eigenvalue weighted by atomic mass is 10.4. The van der Waals surface area contributed by atoms with Crippen LogP contribution in [0.15, 0.2) is 0 Å². The van der Waals surface area contributed by atoms with E-state index in [1.54, 1.807) is 5.06 Å². The Balaban J connectivity index is 2.02. The zero-order valence-corrected chi connectivity index (χ0v) is 8.12. The first-order valence-electron chi connectivity index (χ1n) is 4.92. The van der Waals surface area contributed by atoms with E-state index in [0.717, 1.165) is 38.8 Å². The summed E-state index contributed by atoms with van der Waals surface area (Å²) < 4.78 is 4.84. The van der Waals surface area contributed by atoms with Crippen LogP contribution in [0.3, 0.4) is 0 Å². The lowest BCUT2D eigenvalue weighted by molar-refractivity contribution is -0.112. The first-order valence-corrected chi connectivity index (χ1v) is 4.92. The molecule has 13 heavy (non-hydrogen) atoms. The van der Waals surface area contributed by atoms with Gasteiger partial charge >= 0.3 is 6.16 Å². The molecule has 0 amide bonds. The number of hydrogen-bond donors (Lipinski definition) is 0. The SMILES string of the molecule is CCCCOC(=O)ON1CCCC1. The zero-order chi connectivity index (χ0) is 9.52. The number of unbranched alkanes of at least 4 members (excludes halogenated alkanes) is 1. The summed E-state index contributed by atoms with van der Waals surface area (Å²) in [7, 11) is 0. The molecular formula is C9H17NO3. The fourth-order valence-corrected chi connectivity index (χ4v) is 1.21. The monoisotopic (exact) mass is 187 g/mol. The molecule has 0 bridgehead atoms. The van der Waals surface area contributed by atoms with Crippen LogP contribution in [0.1, 0.15) is 32.6 Å². The molecule has 0 unspecified atom stereocenters. The van der Waals surface area contributed by atoms with Gasteiger partial charge in [0, 0.05) is 13.1 Å². The van der Waals surface area contributed by atoms with Gasteiger partial charge in [0.1, 0.15) is 0 Å². The minimum absolute atomic E-state index is 0.461. The molecule has 1 fully saturated rings. The number of carbonyl (C=O) groups is 1. The van der Waals surface area contributed by atoms with Crippen molar-refractivity contribution in [1.29, 1.82) is 0 Å². The van der Waals surface area contributed by atoms with E-state index in [1.165, 1.54) is 0 Å². The van der Waals surface area contributed by atoms with Crippen molar-refractivity contribution in [2.24, 2.45) is 0 Å². The maximum Gasteiger partial charge on any atom is 0.527 e. The summed E-state index contributed by atoms with van der Waals surface area (Å²) in [5.74, 6) is 0. The summed E-state index contributed by atoms with van der Waals surface area (Å²) in [5.41, 5.74) is 0. The van der Waals surface area contributed by atoms with Gasteiger partial charge in [-0.3, -0.25) is 0 Å². The van der Waals surface area contributed by atoms with Gasteiger partial charge in [-0.1, -0.05) is 13.3 Å². The van der Waals surface area contributed by atoms with Gasteiger partial charge in [-0.05, 0) is 19.3 Å². The third kappa shape index (κ3) is 4.12. The second-order valence-electron chi connectivity index (χ2n) is 3.18. The predicted molar refractivity (Wildman–Crippen MR) is 48.1 cm³/mol. The van der Waals surface area contributed by atoms with Crippen LogP contribution in [0.5, 0.6) is 0 Å². The lowest BCUT2D eigenvalue weighted by Gasteiger charge is -2.13. The van der Waals surface area contributed by atoms with Crippen LogP contribution in [0, 0.1) is 0 Å². The Kier molecular flexibility index (Phi) is 4.60. The van der Waals surface area contributed by atoms with Crippen LogP contribution in [-0.2, 0) is 9.57 Å². The van der Waals surface area contributed by atoms with E-state index in [-0.39, 0.29) is 0 Å². The number of carbonyl (C=O) groups excluding carboxylic acids is 1. The van der Waals surface area contributed by atoms with Crippen LogP contribution in [0.2, 0.25) is 0 Å². The molecular weight excluding hydrogens is 170 g/mol. The molecule has 0 aromatic heterocycles. The summed E-state index contributed by atoms with van der Waals surface area (Å²) in [6, 6.07) is 0. The van der Waals surface area contributed by atoms with Gasteiger partial charge in [0.15, 0.2) is 0 Å². The van der Waals surface area contributed by atoms with Crippen molar-refractivity contribution in [3.63, 3.8) is 0 Å². The number of nitrogens with zero attached hydrogens (tertiary/aromatic N) is 1. The molecule has 1 aliphatic rings. The minimum Gasteiger partial charge on any atom is -0.433 e. The highest BCUT2D eigenvalue weighted by atomic mass is 16.8. The van der Waals surface area contributed by atoms with E-state index in [1.807, 2.05) is 0 Å². The fourth-order valence-electron chi connectivity index (χ4n) is 1.21. The van der Waals surface area contributed by atoms with Crippen molar-refractivity contribution in [2.75, 3.05) is 19.7 Å². The first kappa shape index (κ1) is 10.3. The second kappa shape index (κ2) is 5.80. The molecule has 4 heteroatoms. The fraction of sp³-hybridized carbons (Fsp3) is 0.889. The lowest BCUT2D eigenvalue weighted by Crippen LogP contribution is -2.24. The third-order valence-electron chi connectivity index (χ3n) is 1.99. The normalized spacial score (nSPS) is 17.3. The van der Waals surface area contributed by atoms with Crippen molar-refractivity contribution < 1.29 is 14.4 Å². The molecule has 4 nitrogen and oxygen atoms in total. The Morgan fingerprint density at radius 3 is 2.69 bits per heavy atom. The van der Waals surface area contributed by atoms with Gasteiger partial charge in [0.05, 0.1) is 6.61 Å². The van der Waals surface area contributed by atoms with Crippen LogP contribution in [0.25, 0.3) is 0 Å². The standard InChI is InChI=1S/C9H17NO3/c1-2-3-8-12-9(11)13-10-6-4-5-7-10/h2-8H2,1H3. The molecule has 0 N–H and O–H groups in total. The summed E-state index contributed by atoms with van der Waals surface area (Å²) in [5, 5.41) is 1.66. The van der Waals surface area contributed by atoms with Crippen molar-refractivity contribution in [3.8, 4) is 0 Å². The Morgan fingerprint density at radius 1 is 1.38 bits per heavy atom. The summed E-state index contributed by atoms with van der Waals surface area (Å²) in [6.07, 6.45) is 3.56. The van der Waals surface area contributed by atoms with Gasteiger partial charge in [0.2, 0.25) is 0 Å².